The molecule has 1 aromatic heterocycles. The van der Waals surface area contributed by atoms with Crippen LogP contribution in [0.3, 0.4) is 0 Å². The highest BCUT2D eigenvalue weighted by Crippen LogP contribution is 2.28. The molecule has 2 aromatic carbocycles. The largest absolute Gasteiger partial charge is 0.493 e. The van der Waals surface area contributed by atoms with Gasteiger partial charge in [0.1, 0.15) is 0 Å². The summed E-state index contributed by atoms with van der Waals surface area (Å²) in [4.78, 5) is 26.1. The lowest BCUT2D eigenvalue weighted by molar-refractivity contribution is 0.0989. The number of hydrogen-bond donors (Lipinski definition) is 1. The molecule has 0 saturated carbocycles. The highest BCUT2D eigenvalue weighted by molar-refractivity contribution is 6.30. The maximum Gasteiger partial charge on any atom is 0.209 e. The van der Waals surface area contributed by atoms with E-state index in [1.807, 2.05) is 39.1 Å². The maximum absolute atomic E-state index is 13.1. The molecule has 0 saturated heterocycles. The van der Waals surface area contributed by atoms with Crippen LogP contribution in [0.2, 0.25) is 5.02 Å². The number of rotatable bonds is 10. The van der Waals surface area contributed by atoms with E-state index in [1.165, 1.54) is 0 Å². The van der Waals surface area contributed by atoms with E-state index in [-0.39, 0.29) is 18.1 Å². The van der Waals surface area contributed by atoms with Gasteiger partial charge >= 0.3 is 0 Å². The van der Waals surface area contributed by atoms with Gasteiger partial charge in [-0.3, -0.25) is 9.59 Å². The van der Waals surface area contributed by atoms with Crippen LogP contribution in [-0.2, 0) is 13.5 Å². The quantitative estimate of drug-likeness (QED) is 0.349. The van der Waals surface area contributed by atoms with Gasteiger partial charge in [0.05, 0.1) is 26.5 Å². The van der Waals surface area contributed by atoms with E-state index < -0.39 is 0 Å². The first-order chi connectivity index (χ1) is 15.8. The summed E-state index contributed by atoms with van der Waals surface area (Å²) in [6, 6.07) is 12.6. The zero-order valence-corrected chi connectivity index (χ0v) is 20.4. The second-order valence-corrected chi connectivity index (χ2v) is 8.30. The first-order valence-electron chi connectivity index (χ1n) is 10.7. The molecule has 0 spiro atoms. The molecule has 0 unspecified atom stereocenters. The Morgan fingerprint density at radius 2 is 1.67 bits per heavy atom. The molecule has 6 nitrogen and oxygen atoms in total. The van der Waals surface area contributed by atoms with E-state index in [4.69, 9.17) is 21.1 Å². The van der Waals surface area contributed by atoms with Crippen molar-refractivity contribution < 1.29 is 19.1 Å². The number of benzene rings is 2. The van der Waals surface area contributed by atoms with Crippen LogP contribution in [0.4, 0.5) is 0 Å². The lowest BCUT2D eigenvalue weighted by Gasteiger charge is -2.10. The van der Waals surface area contributed by atoms with Crippen LogP contribution >= 0.6 is 11.6 Å². The van der Waals surface area contributed by atoms with Crippen LogP contribution in [0, 0.1) is 13.8 Å². The number of ether oxygens (including phenoxy) is 2. The molecule has 3 rings (SSSR count). The van der Waals surface area contributed by atoms with Crippen molar-refractivity contribution >= 4 is 23.2 Å². The van der Waals surface area contributed by atoms with Gasteiger partial charge in [0.15, 0.2) is 17.3 Å². The molecule has 0 radical (unpaired) electrons. The Morgan fingerprint density at radius 3 is 2.30 bits per heavy atom. The Bertz CT molecular complexity index is 1170. The van der Waals surface area contributed by atoms with Crippen LogP contribution in [-0.4, -0.2) is 43.4 Å². The number of halogens is 1. The predicted octanol–water partition coefficient (Wildman–Crippen LogP) is 4.56. The second-order valence-electron chi connectivity index (χ2n) is 7.87. The Morgan fingerprint density at radius 1 is 1.00 bits per heavy atom. The highest BCUT2D eigenvalue weighted by Gasteiger charge is 2.25. The lowest BCUT2D eigenvalue weighted by Crippen LogP contribution is -2.26. The average Bonchev–Trinajstić information content (AvgIpc) is 3.04. The maximum atomic E-state index is 13.1. The summed E-state index contributed by atoms with van der Waals surface area (Å²) in [5.74, 6) is 1.20. The summed E-state index contributed by atoms with van der Waals surface area (Å²) in [6.45, 7) is 4.51. The smallest absolute Gasteiger partial charge is 0.209 e. The Kier molecular flexibility index (Phi) is 7.95. The molecule has 0 atom stereocenters. The fourth-order valence-corrected chi connectivity index (χ4v) is 4.13. The second kappa shape index (κ2) is 10.7. The first kappa shape index (κ1) is 24.6. The van der Waals surface area contributed by atoms with E-state index in [2.05, 4.69) is 5.32 Å². The standard InChI is InChI=1S/C26H29ClN2O4/c1-16-24(17(2)29(3)25(16)26(31)19-7-9-20(27)10-8-19)21(30)15-28-13-12-18-6-11-22(32-4)23(14-18)33-5/h6-11,14,28H,12-13,15H2,1-5H3. The SMILES string of the molecule is COc1ccc(CCNCC(=O)c2c(C)c(C(=O)c3ccc(Cl)cc3)n(C)c2C)cc1OC. The van der Waals surface area contributed by atoms with Crippen molar-refractivity contribution in [2.24, 2.45) is 7.05 Å². The summed E-state index contributed by atoms with van der Waals surface area (Å²) in [7, 11) is 5.02. The predicted molar refractivity (Wildman–Crippen MR) is 130 cm³/mol. The van der Waals surface area contributed by atoms with E-state index in [9.17, 15) is 9.59 Å². The number of nitrogens with one attached hydrogen (secondary N) is 1. The first-order valence-corrected chi connectivity index (χ1v) is 11.1. The molecule has 33 heavy (non-hydrogen) atoms. The fourth-order valence-electron chi connectivity index (χ4n) is 4.01. The molecule has 0 amide bonds. The molecule has 0 aliphatic rings. The summed E-state index contributed by atoms with van der Waals surface area (Å²) in [5, 5.41) is 3.79. The van der Waals surface area contributed by atoms with Gasteiger partial charge < -0.3 is 19.4 Å². The summed E-state index contributed by atoms with van der Waals surface area (Å²) in [6.07, 6.45) is 0.737. The Balaban J connectivity index is 1.67. The number of hydrogen-bond acceptors (Lipinski definition) is 5. The van der Waals surface area contributed by atoms with Gasteiger partial charge in [0, 0.05) is 28.9 Å². The summed E-state index contributed by atoms with van der Waals surface area (Å²) < 4.78 is 12.4. The minimum absolute atomic E-state index is 0.0388. The number of nitrogens with zero attached hydrogens (tertiary/aromatic N) is 1. The molecule has 174 valence electrons. The number of ketones is 2. The molecule has 0 aliphatic carbocycles. The van der Waals surface area contributed by atoms with Crippen molar-refractivity contribution in [2.45, 2.75) is 20.3 Å². The van der Waals surface area contributed by atoms with Gasteiger partial charge in [-0.05, 0) is 74.3 Å². The van der Waals surface area contributed by atoms with Crippen LogP contribution in [0.25, 0.3) is 0 Å². The molecule has 0 bridgehead atoms. The van der Waals surface area contributed by atoms with E-state index in [0.717, 1.165) is 17.7 Å². The average molecular weight is 469 g/mol. The Labute approximate surface area is 199 Å². The molecule has 0 aliphatic heterocycles. The Hall–Kier alpha value is -3.09. The van der Waals surface area contributed by atoms with Crippen LogP contribution in [0.15, 0.2) is 42.5 Å². The zero-order chi connectivity index (χ0) is 24.1. The third-order valence-electron chi connectivity index (χ3n) is 5.85. The number of aromatic nitrogens is 1. The molecular formula is C26H29ClN2O4. The van der Waals surface area contributed by atoms with Gasteiger partial charge in [-0.25, -0.2) is 0 Å². The third-order valence-corrected chi connectivity index (χ3v) is 6.11. The molecule has 0 fully saturated rings. The van der Waals surface area contributed by atoms with Crippen molar-refractivity contribution in [3.8, 4) is 11.5 Å². The van der Waals surface area contributed by atoms with Crippen molar-refractivity contribution in [1.29, 1.82) is 0 Å². The minimum Gasteiger partial charge on any atom is -0.493 e. The van der Waals surface area contributed by atoms with Crippen molar-refractivity contribution in [3.05, 3.63) is 81.1 Å². The summed E-state index contributed by atoms with van der Waals surface area (Å²) in [5.41, 5.74) is 4.20. The van der Waals surface area contributed by atoms with Crippen molar-refractivity contribution in [2.75, 3.05) is 27.3 Å². The van der Waals surface area contributed by atoms with Crippen molar-refractivity contribution in [3.63, 3.8) is 0 Å². The van der Waals surface area contributed by atoms with Crippen molar-refractivity contribution in [1.82, 2.24) is 9.88 Å². The monoisotopic (exact) mass is 468 g/mol. The molecule has 3 aromatic rings. The van der Waals surface area contributed by atoms with Gasteiger partial charge in [0.25, 0.3) is 0 Å². The third kappa shape index (κ3) is 5.29. The van der Waals surface area contributed by atoms with E-state index in [0.29, 0.717) is 45.5 Å². The van der Waals surface area contributed by atoms with E-state index in [1.54, 1.807) is 43.1 Å². The number of Topliss-reactive ketones (excluding diaryl/α,β-unsaturated/α-hetero) is 1. The topological polar surface area (TPSA) is 69.6 Å². The van der Waals surface area contributed by atoms with Crippen LogP contribution in [0.1, 0.15) is 43.2 Å². The lowest BCUT2D eigenvalue weighted by atomic mass is 10.0. The minimum atomic E-state index is -0.129. The molecule has 1 N–H and O–H groups in total. The van der Waals surface area contributed by atoms with Crippen LogP contribution in [0.5, 0.6) is 11.5 Å². The molecule has 7 heteroatoms. The fraction of sp³-hybridized carbons (Fsp3) is 0.308. The highest BCUT2D eigenvalue weighted by atomic mass is 35.5. The van der Waals surface area contributed by atoms with Gasteiger partial charge in [-0.15, -0.1) is 0 Å². The molecule has 1 heterocycles. The summed E-state index contributed by atoms with van der Waals surface area (Å²) >= 11 is 5.94. The van der Waals surface area contributed by atoms with Gasteiger partial charge in [-0.2, -0.15) is 0 Å². The van der Waals surface area contributed by atoms with E-state index >= 15 is 0 Å². The number of carbonyl (C=O) groups excluding carboxylic acids is 2. The van der Waals surface area contributed by atoms with Gasteiger partial charge in [0.2, 0.25) is 5.78 Å². The zero-order valence-electron chi connectivity index (χ0n) is 19.6. The molecular weight excluding hydrogens is 440 g/mol. The van der Waals surface area contributed by atoms with Gasteiger partial charge in [-0.1, -0.05) is 17.7 Å². The van der Waals surface area contributed by atoms with Crippen LogP contribution < -0.4 is 14.8 Å². The number of methoxy groups -OCH3 is 2. The number of carbonyl (C=O) groups is 2. The normalized spacial score (nSPS) is 10.8.